The minimum absolute atomic E-state index is 0.0257. The zero-order chi connectivity index (χ0) is 18.1. The summed E-state index contributed by atoms with van der Waals surface area (Å²) >= 11 is 1.79. The van der Waals surface area contributed by atoms with Crippen LogP contribution in [0.3, 0.4) is 0 Å². The van der Waals surface area contributed by atoms with Gasteiger partial charge in [-0.15, -0.1) is 0 Å². The molecule has 0 aromatic rings. The van der Waals surface area contributed by atoms with E-state index in [1.807, 2.05) is 0 Å². The molecule has 0 aromatic heterocycles. The third-order valence-corrected chi connectivity index (χ3v) is 6.61. The fourth-order valence-corrected chi connectivity index (χ4v) is 6.16. The van der Waals surface area contributed by atoms with Gasteiger partial charge in [0.15, 0.2) is 31.2 Å². The van der Waals surface area contributed by atoms with Gasteiger partial charge in [0.25, 0.3) is 0 Å². The van der Waals surface area contributed by atoms with Crippen LogP contribution in [0.25, 0.3) is 0 Å². The molecule has 1 fully saturated rings. The van der Waals surface area contributed by atoms with Gasteiger partial charge in [0, 0.05) is 5.75 Å². The minimum atomic E-state index is -1.73. The Hall–Kier alpha value is 0.841. The van der Waals surface area contributed by atoms with E-state index in [1.165, 1.54) is 0 Å². The summed E-state index contributed by atoms with van der Waals surface area (Å²) in [5.74, 6) is 0.909. The van der Waals surface area contributed by atoms with Gasteiger partial charge >= 0.3 is 0 Å². The molecule has 1 saturated heterocycles. The van der Waals surface area contributed by atoms with Gasteiger partial charge in [0.05, 0.1) is 6.10 Å². The molecular weight excluding hydrogens is 360 g/mol. The van der Waals surface area contributed by atoms with Crippen molar-refractivity contribution < 1.29 is 18.0 Å². The van der Waals surface area contributed by atoms with Crippen LogP contribution in [0.5, 0.6) is 0 Å². The van der Waals surface area contributed by atoms with Crippen LogP contribution in [-0.4, -0.2) is 61.6 Å². The Morgan fingerprint density at radius 2 is 1.17 bits per heavy atom. The van der Waals surface area contributed by atoms with Gasteiger partial charge in [-0.2, -0.15) is 11.8 Å². The summed E-state index contributed by atoms with van der Waals surface area (Å²) in [5, 5.41) is 0. The lowest BCUT2D eigenvalue weighted by molar-refractivity contribution is -0.106. The van der Waals surface area contributed by atoms with E-state index in [4.69, 9.17) is 18.0 Å². The number of hydrogen-bond acceptors (Lipinski definition) is 5. The molecular formula is C15H36O4SSi3. The summed E-state index contributed by atoms with van der Waals surface area (Å²) in [4.78, 5) is 0. The molecule has 1 rings (SSSR count). The third-order valence-electron chi connectivity index (χ3n) is 3.05. The van der Waals surface area contributed by atoms with Crippen LogP contribution in [0.1, 0.15) is 0 Å². The Bertz CT molecular complexity index is 376. The van der Waals surface area contributed by atoms with E-state index >= 15 is 0 Å². The van der Waals surface area contributed by atoms with Crippen molar-refractivity contribution in [3.63, 3.8) is 0 Å². The monoisotopic (exact) mass is 396 g/mol. The first-order chi connectivity index (χ1) is 10.2. The number of thioether (sulfide) groups is 1. The highest BCUT2D eigenvalue weighted by atomic mass is 32.2. The SMILES string of the molecule is CSCC1OC(O[Si](C)(C)C)C(O[Si](C)(C)C)C1O[Si](C)(C)C. The first-order valence-corrected chi connectivity index (χ1v) is 20.0. The second-order valence-electron chi connectivity index (χ2n) is 9.12. The average Bonchev–Trinajstić information content (AvgIpc) is 2.52. The third kappa shape index (κ3) is 8.17. The predicted octanol–water partition coefficient (Wildman–Crippen LogP) is 4.37. The van der Waals surface area contributed by atoms with E-state index in [9.17, 15) is 0 Å². The molecule has 0 N–H and O–H groups in total. The second-order valence-corrected chi connectivity index (χ2v) is 23.4. The predicted molar refractivity (Wildman–Crippen MR) is 108 cm³/mol. The molecule has 0 spiro atoms. The molecule has 1 heterocycles. The second kappa shape index (κ2) is 8.03. The Morgan fingerprint density at radius 1 is 0.739 bits per heavy atom. The summed E-state index contributed by atoms with van der Waals surface area (Å²) in [6.07, 6.45) is 1.71. The first-order valence-electron chi connectivity index (χ1n) is 8.40. The summed E-state index contributed by atoms with van der Waals surface area (Å²) in [7, 11) is -5.14. The van der Waals surface area contributed by atoms with E-state index in [0.29, 0.717) is 0 Å². The van der Waals surface area contributed by atoms with Crippen LogP contribution in [-0.2, 0) is 18.0 Å². The maximum atomic E-state index is 6.50. The highest BCUT2D eigenvalue weighted by Gasteiger charge is 2.50. The van der Waals surface area contributed by atoms with E-state index in [0.717, 1.165) is 5.75 Å². The van der Waals surface area contributed by atoms with Crippen molar-refractivity contribution in [2.24, 2.45) is 0 Å². The van der Waals surface area contributed by atoms with Crippen LogP contribution in [0.15, 0.2) is 0 Å². The summed E-state index contributed by atoms with van der Waals surface area (Å²) in [5.41, 5.74) is 0. The zero-order valence-electron chi connectivity index (χ0n) is 16.6. The van der Waals surface area contributed by atoms with Gasteiger partial charge in [-0.05, 0) is 65.2 Å². The fourth-order valence-electron chi connectivity index (χ4n) is 2.52. The molecule has 1 aliphatic rings. The van der Waals surface area contributed by atoms with Gasteiger partial charge in [-0.3, -0.25) is 0 Å². The normalized spacial score (nSPS) is 30.0. The molecule has 0 bridgehead atoms. The fraction of sp³-hybridized carbons (Fsp3) is 1.00. The van der Waals surface area contributed by atoms with Crippen molar-refractivity contribution in [1.82, 2.24) is 0 Å². The van der Waals surface area contributed by atoms with Crippen LogP contribution in [0, 0.1) is 0 Å². The lowest BCUT2D eigenvalue weighted by Crippen LogP contribution is -2.50. The van der Waals surface area contributed by atoms with Crippen molar-refractivity contribution in [2.75, 3.05) is 12.0 Å². The Morgan fingerprint density at radius 3 is 1.57 bits per heavy atom. The van der Waals surface area contributed by atoms with Gasteiger partial charge in [-0.25, -0.2) is 0 Å². The number of hydrogen-bond donors (Lipinski definition) is 0. The molecule has 4 unspecified atom stereocenters. The quantitative estimate of drug-likeness (QED) is 0.570. The van der Waals surface area contributed by atoms with Crippen LogP contribution in [0.4, 0.5) is 0 Å². The molecule has 0 amide bonds. The molecule has 4 nitrogen and oxygen atoms in total. The lowest BCUT2D eigenvalue weighted by atomic mass is 10.2. The molecule has 138 valence electrons. The highest BCUT2D eigenvalue weighted by molar-refractivity contribution is 7.98. The minimum Gasteiger partial charge on any atom is -0.409 e. The zero-order valence-corrected chi connectivity index (χ0v) is 20.4. The molecule has 4 atom stereocenters. The van der Waals surface area contributed by atoms with Crippen molar-refractivity contribution in [3.8, 4) is 0 Å². The summed E-state index contributed by atoms with van der Waals surface area (Å²) in [6, 6.07) is 0. The van der Waals surface area contributed by atoms with Crippen molar-refractivity contribution >= 4 is 36.7 Å². The topological polar surface area (TPSA) is 36.9 Å². The number of rotatable bonds is 8. The Labute approximate surface area is 150 Å². The van der Waals surface area contributed by atoms with Gasteiger partial charge in [-0.1, -0.05) is 0 Å². The van der Waals surface area contributed by atoms with Crippen molar-refractivity contribution in [3.05, 3.63) is 0 Å². The highest BCUT2D eigenvalue weighted by Crippen LogP contribution is 2.34. The summed E-state index contributed by atoms with van der Waals surface area (Å²) in [6.45, 7) is 19.9. The van der Waals surface area contributed by atoms with Crippen LogP contribution < -0.4 is 0 Å². The van der Waals surface area contributed by atoms with Gasteiger partial charge in [0.2, 0.25) is 0 Å². The first kappa shape index (κ1) is 21.9. The van der Waals surface area contributed by atoms with Gasteiger partial charge < -0.3 is 18.0 Å². The van der Waals surface area contributed by atoms with Crippen molar-refractivity contribution in [1.29, 1.82) is 0 Å². The molecule has 0 radical (unpaired) electrons. The molecule has 8 heteroatoms. The largest absolute Gasteiger partial charge is 0.409 e. The maximum Gasteiger partial charge on any atom is 0.187 e. The lowest BCUT2D eigenvalue weighted by Gasteiger charge is -2.35. The average molecular weight is 397 g/mol. The van der Waals surface area contributed by atoms with E-state index in [2.05, 4.69) is 65.2 Å². The van der Waals surface area contributed by atoms with Crippen LogP contribution in [0.2, 0.25) is 58.9 Å². The molecule has 0 saturated carbocycles. The molecule has 0 aromatic carbocycles. The van der Waals surface area contributed by atoms with E-state index in [-0.39, 0.29) is 24.6 Å². The Kier molecular flexibility index (Phi) is 7.64. The summed E-state index contributed by atoms with van der Waals surface area (Å²) < 4.78 is 25.6. The molecule has 1 aliphatic heterocycles. The van der Waals surface area contributed by atoms with Gasteiger partial charge in [0.1, 0.15) is 12.2 Å². The smallest absolute Gasteiger partial charge is 0.187 e. The van der Waals surface area contributed by atoms with Crippen molar-refractivity contribution in [2.45, 2.75) is 83.5 Å². The molecule has 23 heavy (non-hydrogen) atoms. The standard InChI is InChI=1S/C15H36O4SSi3/c1-20-11-12-13(17-21(2,3)4)14(18-22(5,6)7)15(16-12)19-23(8,9)10/h12-15H,11H2,1-10H3. The van der Waals surface area contributed by atoms with E-state index < -0.39 is 25.0 Å². The van der Waals surface area contributed by atoms with E-state index in [1.54, 1.807) is 11.8 Å². The van der Waals surface area contributed by atoms with Crippen LogP contribution >= 0.6 is 11.8 Å². The number of ether oxygens (including phenoxy) is 1. The molecule has 0 aliphatic carbocycles. The maximum absolute atomic E-state index is 6.50. The Balaban J connectivity index is 3.05.